The van der Waals surface area contributed by atoms with Crippen molar-refractivity contribution in [2.45, 2.75) is 32.6 Å². The molecular formula is C11H15NO2. The molecule has 0 fully saturated rings. The zero-order valence-corrected chi connectivity index (χ0v) is 8.53. The molecule has 1 N–H and O–H groups in total. The molecule has 3 heteroatoms. The SMILES string of the molecule is CCCC(C(=O)O)c1cncc(C)c1. The van der Waals surface area contributed by atoms with E-state index in [-0.39, 0.29) is 0 Å². The number of carbonyl (C=O) groups is 1. The molecule has 1 unspecified atom stereocenters. The molecule has 0 aliphatic carbocycles. The number of rotatable bonds is 4. The third-order valence-electron chi connectivity index (χ3n) is 2.17. The van der Waals surface area contributed by atoms with Gasteiger partial charge in [-0.1, -0.05) is 19.4 Å². The normalized spacial score (nSPS) is 12.4. The summed E-state index contributed by atoms with van der Waals surface area (Å²) >= 11 is 0. The van der Waals surface area contributed by atoms with Gasteiger partial charge >= 0.3 is 5.97 Å². The maximum Gasteiger partial charge on any atom is 0.311 e. The number of carboxylic acid groups (broad SMARTS) is 1. The van der Waals surface area contributed by atoms with E-state index in [0.29, 0.717) is 6.42 Å². The Morgan fingerprint density at radius 3 is 2.79 bits per heavy atom. The summed E-state index contributed by atoms with van der Waals surface area (Å²) in [5, 5.41) is 9.02. The van der Waals surface area contributed by atoms with Crippen molar-refractivity contribution in [2.75, 3.05) is 0 Å². The summed E-state index contributed by atoms with van der Waals surface area (Å²) in [7, 11) is 0. The molecule has 0 aliphatic rings. The van der Waals surface area contributed by atoms with Crippen molar-refractivity contribution in [3.63, 3.8) is 0 Å². The van der Waals surface area contributed by atoms with Crippen LogP contribution in [0.2, 0.25) is 0 Å². The van der Waals surface area contributed by atoms with Crippen LogP contribution in [0.3, 0.4) is 0 Å². The second kappa shape index (κ2) is 4.74. The molecule has 0 aliphatic heterocycles. The Labute approximate surface area is 83.8 Å². The smallest absolute Gasteiger partial charge is 0.311 e. The number of aliphatic carboxylic acids is 1. The Morgan fingerprint density at radius 1 is 1.57 bits per heavy atom. The lowest BCUT2D eigenvalue weighted by Crippen LogP contribution is -2.11. The van der Waals surface area contributed by atoms with E-state index >= 15 is 0 Å². The van der Waals surface area contributed by atoms with E-state index in [1.807, 2.05) is 19.9 Å². The molecule has 0 aromatic carbocycles. The lowest BCUT2D eigenvalue weighted by Gasteiger charge is -2.11. The first-order valence-electron chi connectivity index (χ1n) is 4.79. The molecule has 0 amide bonds. The monoisotopic (exact) mass is 193 g/mol. The molecular weight excluding hydrogens is 178 g/mol. The highest BCUT2D eigenvalue weighted by atomic mass is 16.4. The number of hydrogen-bond donors (Lipinski definition) is 1. The molecule has 1 atom stereocenters. The predicted molar refractivity (Wildman–Crippen MR) is 54.3 cm³/mol. The fourth-order valence-electron chi connectivity index (χ4n) is 1.49. The Morgan fingerprint density at radius 2 is 2.29 bits per heavy atom. The van der Waals surface area contributed by atoms with Gasteiger partial charge in [-0.3, -0.25) is 9.78 Å². The van der Waals surface area contributed by atoms with Crippen LogP contribution >= 0.6 is 0 Å². The van der Waals surface area contributed by atoms with Crippen molar-refractivity contribution in [3.05, 3.63) is 29.6 Å². The molecule has 1 aromatic heterocycles. The number of nitrogens with zero attached hydrogens (tertiary/aromatic N) is 1. The maximum atomic E-state index is 11.0. The highest BCUT2D eigenvalue weighted by Gasteiger charge is 2.18. The van der Waals surface area contributed by atoms with Gasteiger partial charge < -0.3 is 5.11 Å². The van der Waals surface area contributed by atoms with Gasteiger partial charge in [0.1, 0.15) is 0 Å². The number of aryl methyl sites for hydroxylation is 1. The van der Waals surface area contributed by atoms with Crippen molar-refractivity contribution in [2.24, 2.45) is 0 Å². The van der Waals surface area contributed by atoms with Gasteiger partial charge in [0.05, 0.1) is 5.92 Å². The summed E-state index contributed by atoms with van der Waals surface area (Å²) in [6.07, 6.45) is 4.90. The fraction of sp³-hybridized carbons (Fsp3) is 0.455. The zero-order chi connectivity index (χ0) is 10.6. The van der Waals surface area contributed by atoms with Crippen LogP contribution in [0.1, 0.15) is 36.8 Å². The third-order valence-corrected chi connectivity index (χ3v) is 2.17. The van der Waals surface area contributed by atoms with E-state index < -0.39 is 11.9 Å². The van der Waals surface area contributed by atoms with E-state index in [2.05, 4.69) is 4.98 Å². The Bertz CT molecular complexity index is 323. The topological polar surface area (TPSA) is 50.2 Å². The largest absolute Gasteiger partial charge is 0.481 e. The van der Waals surface area contributed by atoms with Crippen LogP contribution < -0.4 is 0 Å². The van der Waals surface area contributed by atoms with Gasteiger partial charge in [0.2, 0.25) is 0 Å². The minimum Gasteiger partial charge on any atom is -0.481 e. The summed E-state index contributed by atoms with van der Waals surface area (Å²) in [6.45, 7) is 3.90. The molecule has 0 saturated carbocycles. The molecule has 0 saturated heterocycles. The van der Waals surface area contributed by atoms with E-state index in [1.54, 1.807) is 12.4 Å². The van der Waals surface area contributed by atoms with Crippen LogP contribution in [0.15, 0.2) is 18.5 Å². The third kappa shape index (κ3) is 2.55. The first kappa shape index (κ1) is 10.7. The summed E-state index contributed by atoms with van der Waals surface area (Å²) in [4.78, 5) is 15.0. The zero-order valence-electron chi connectivity index (χ0n) is 8.53. The molecule has 0 bridgehead atoms. The average Bonchev–Trinajstić information content (AvgIpc) is 2.13. The van der Waals surface area contributed by atoms with E-state index in [9.17, 15) is 4.79 Å². The van der Waals surface area contributed by atoms with Crippen molar-refractivity contribution in [1.29, 1.82) is 0 Å². The van der Waals surface area contributed by atoms with Gasteiger partial charge in [-0.25, -0.2) is 0 Å². The number of aromatic nitrogens is 1. The molecule has 14 heavy (non-hydrogen) atoms. The first-order chi connectivity index (χ1) is 6.65. The van der Waals surface area contributed by atoms with Gasteiger partial charge in [0, 0.05) is 12.4 Å². The second-order valence-corrected chi connectivity index (χ2v) is 3.48. The number of hydrogen-bond acceptors (Lipinski definition) is 2. The highest BCUT2D eigenvalue weighted by molar-refractivity contribution is 5.75. The van der Waals surface area contributed by atoms with Gasteiger partial charge in [-0.05, 0) is 24.5 Å². The number of pyridine rings is 1. The van der Waals surface area contributed by atoms with E-state index in [4.69, 9.17) is 5.11 Å². The molecule has 76 valence electrons. The quantitative estimate of drug-likeness (QED) is 0.798. The number of carboxylic acids is 1. The van der Waals surface area contributed by atoms with Crippen LogP contribution in [-0.2, 0) is 4.79 Å². The molecule has 1 heterocycles. The van der Waals surface area contributed by atoms with Crippen molar-refractivity contribution >= 4 is 5.97 Å². The van der Waals surface area contributed by atoms with Crippen LogP contribution in [0.5, 0.6) is 0 Å². The van der Waals surface area contributed by atoms with Gasteiger partial charge in [-0.2, -0.15) is 0 Å². The van der Waals surface area contributed by atoms with Crippen molar-refractivity contribution < 1.29 is 9.90 Å². The predicted octanol–water partition coefficient (Wildman–Crippen LogP) is 2.36. The summed E-state index contributed by atoms with van der Waals surface area (Å²) < 4.78 is 0. The minimum absolute atomic E-state index is 0.410. The van der Waals surface area contributed by atoms with Crippen LogP contribution in [0.25, 0.3) is 0 Å². The Kier molecular flexibility index (Phi) is 3.63. The van der Waals surface area contributed by atoms with E-state index in [0.717, 1.165) is 17.5 Å². The highest BCUT2D eigenvalue weighted by Crippen LogP contribution is 2.21. The minimum atomic E-state index is -0.765. The lowest BCUT2D eigenvalue weighted by atomic mass is 9.95. The average molecular weight is 193 g/mol. The Balaban J connectivity index is 2.93. The summed E-state index contributed by atoms with van der Waals surface area (Å²) in [5.74, 6) is -1.17. The molecule has 0 spiro atoms. The first-order valence-corrected chi connectivity index (χ1v) is 4.79. The molecule has 1 aromatic rings. The van der Waals surface area contributed by atoms with Gasteiger partial charge in [-0.15, -0.1) is 0 Å². The second-order valence-electron chi connectivity index (χ2n) is 3.48. The van der Waals surface area contributed by atoms with Gasteiger partial charge in [0.25, 0.3) is 0 Å². The molecule has 0 radical (unpaired) electrons. The standard InChI is InChI=1S/C11H15NO2/c1-3-4-10(11(13)14)9-5-8(2)6-12-7-9/h5-7,10H,3-4H2,1-2H3,(H,13,14). The van der Waals surface area contributed by atoms with Crippen LogP contribution in [-0.4, -0.2) is 16.1 Å². The maximum absolute atomic E-state index is 11.0. The molecule has 3 nitrogen and oxygen atoms in total. The summed E-state index contributed by atoms with van der Waals surface area (Å²) in [5.41, 5.74) is 1.81. The van der Waals surface area contributed by atoms with Gasteiger partial charge in [0.15, 0.2) is 0 Å². The van der Waals surface area contributed by atoms with Crippen LogP contribution in [0.4, 0.5) is 0 Å². The Hall–Kier alpha value is -1.38. The fourth-order valence-corrected chi connectivity index (χ4v) is 1.49. The van der Waals surface area contributed by atoms with E-state index in [1.165, 1.54) is 0 Å². The van der Waals surface area contributed by atoms with Crippen molar-refractivity contribution in [1.82, 2.24) is 4.98 Å². The van der Waals surface area contributed by atoms with Crippen LogP contribution in [0, 0.1) is 6.92 Å². The molecule has 1 rings (SSSR count). The van der Waals surface area contributed by atoms with Crippen molar-refractivity contribution in [3.8, 4) is 0 Å². The summed E-state index contributed by atoms with van der Waals surface area (Å²) in [6, 6.07) is 1.89. The lowest BCUT2D eigenvalue weighted by molar-refractivity contribution is -0.139.